The molecule has 0 aliphatic carbocycles. The normalized spacial score (nSPS) is 16.4. The van der Waals surface area contributed by atoms with E-state index in [1.807, 2.05) is 13.8 Å². The van der Waals surface area contributed by atoms with Gasteiger partial charge in [-0.1, -0.05) is 0 Å². The van der Waals surface area contributed by atoms with Crippen LogP contribution in [-0.2, 0) is 6.54 Å². The second-order valence-electron chi connectivity index (χ2n) is 5.29. The Labute approximate surface area is 119 Å². The molecule has 1 aliphatic heterocycles. The second kappa shape index (κ2) is 6.90. The van der Waals surface area contributed by atoms with Crippen LogP contribution in [0.5, 0.6) is 11.5 Å². The quantitative estimate of drug-likeness (QED) is 0.896. The summed E-state index contributed by atoms with van der Waals surface area (Å²) in [4.78, 5) is 2.29. The van der Waals surface area contributed by atoms with E-state index < -0.39 is 0 Å². The van der Waals surface area contributed by atoms with Gasteiger partial charge in [0.2, 0.25) is 0 Å². The highest BCUT2D eigenvalue weighted by Gasteiger charge is 2.18. The van der Waals surface area contributed by atoms with Gasteiger partial charge in [0.1, 0.15) is 5.82 Å². The first-order valence-corrected chi connectivity index (χ1v) is 7.06. The molecule has 1 aliphatic rings. The average Bonchev–Trinajstić information content (AvgIpc) is 2.42. The van der Waals surface area contributed by atoms with Crippen molar-refractivity contribution in [1.29, 1.82) is 0 Å². The Morgan fingerprint density at radius 2 is 2.00 bits per heavy atom. The van der Waals surface area contributed by atoms with Crippen LogP contribution in [0.15, 0.2) is 12.1 Å². The van der Waals surface area contributed by atoms with Gasteiger partial charge in [0, 0.05) is 44.4 Å². The Kier molecular flexibility index (Phi) is 5.20. The third-order valence-corrected chi connectivity index (χ3v) is 3.27. The van der Waals surface area contributed by atoms with Crippen molar-refractivity contribution in [3.05, 3.63) is 23.5 Å². The van der Waals surface area contributed by atoms with Crippen molar-refractivity contribution in [3.8, 4) is 11.5 Å². The van der Waals surface area contributed by atoms with Crippen molar-refractivity contribution in [2.75, 3.05) is 33.3 Å². The Balaban J connectivity index is 2.25. The molecule has 0 atom stereocenters. The number of hydrogen-bond donors (Lipinski definition) is 1. The van der Waals surface area contributed by atoms with Crippen LogP contribution in [0, 0.1) is 5.82 Å². The van der Waals surface area contributed by atoms with Crippen molar-refractivity contribution < 1.29 is 13.9 Å². The summed E-state index contributed by atoms with van der Waals surface area (Å²) >= 11 is 0. The first kappa shape index (κ1) is 15.1. The molecule has 4 nitrogen and oxygen atoms in total. The van der Waals surface area contributed by atoms with Crippen LogP contribution in [0.2, 0.25) is 0 Å². The number of rotatable bonds is 5. The van der Waals surface area contributed by atoms with Gasteiger partial charge in [-0.2, -0.15) is 0 Å². The van der Waals surface area contributed by atoms with E-state index in [0.717, 1.165) is 31.7 Å². The first-order chi connectivity index (χ1) is 9.60. The SMILES string of the molecule is COc1cc(F)cc(CN2CCNCC2)c1OC(C)C. The monoisotopic (exact) mass is 282 g/mol. The fraction of sp³-hybridized carbons (Fsp3) is 0.600. The van der Waals surface area contributed by atoms with Crippen molar-refractivity contribution in [2.45, 2.75) is 26.5 Å². The molecule has 1 fully saturated rings. The standard InChI is InChI=1S/C15H23FN2O2/c1-11(2)20-15-12(8-13(16)9-14(15)19-3)10-18-6-4-17-5-7-18/h8-9,11,17H,4-7,10H2,1-3H3. The predicted molar refractivity (Wildman–Crippen MR) is 76.9 cm³/mol. The van der Waals surface area contributed by atoms with Gasteiger partial charge in [-0.3, -0.25) is 4.90 Å². The summed E-state index contributed by atoms with van der Waals surface area (Å²) in [6, 6.07) is 2.92. The minimum Gasteiger partial charge on any atom is -0.493 e. The van der Waals surface area contributed by atoms with Gasteiger partial charge in [0.05, 0.1) is 13.2 Å². The van der Waals surface area contributed by atoms with Crippen LogP contribution >= 0.6 is 0 Å². The zero-order chi connectivity index (χ0) is 14.5. The lowest BCUT2D eigenvalue weighted by molar-refractivity contribution is 0.207. The highest BCUT2D eigenvalue weighted by Crippen LogP contribution is 2.34. The van der Waals surface area contributed by atoms with Crippen molar-refractivity contribution in [3.63, 3.8) is 0 Å². The molecule has 1 N–H and O–H groups in total. The number of nitrogens with one attached hydrogen (secondary N) is 1. The molecular weight excluding hydrogens is 259 g/mol. The number of ether oxygens (including phenoxy) is 2. The maximum absolute atomic E-state index is 13.7. The van der Waals surface area contributed by atoms with Crippen molar-refractivity contribution in [2.24, 2.45) is 0 Å². The molecule has 0 bridgehead atoms. The lowest BCUT2D eigenvalue weighted by Gasteiger charge is -2.28. The third-order valence-electron chi connectivity index (χ3n) is 3.27. The summed E-state index contributed by atoms with van der Waals surface area (Å²) in [5.74, 6) is 0.828. The zero-order valence-corrected chi connectivity index (χ0v) is 12.4. The first-order valence-electron chi connectivity index (χ1n) is 7.06. The Morgan fingerprint density at radius 1 is 1.30 bits per heavy atom. The maximum atomic E-state index is 13.7. The van der Waals surface area contributed by atoms with E-state index in [9.17, 15) is 4.39 Å². The smallest absolute Gasteiger partial charge is 0.166 e. The van der Waals surface area contributed by atoms with Crippen LogP contribution in [0.25, 0.3) is 0 Å². The van der Waals surface area contributed by atoms with E-state index >= 15 is 0 Å². The average molecular weight is 282 g/mol. The number of methoxy groups -OCH3 is 1. The van der Waals surface area contributed by atoms with Gasteiger partial charge >= 0.3 is 0 Å². The molecule has 112 valence electrons. The molecule has 0 radical (unpaired) electrons. The van der Waals surface area contributed by atoms with E-state index in [-0.39, 0.29) is 11.9 Å². The van der Waals surface area contributed by atoms with Crippen molar-refractivity contribution >= 4 is 0 Å². The molecule has 1 heterocycles. The summed E-state index contributed by atoms with van der Waals surface area (Å²) in [5.41, 5.74) is 0.845. The molecule has 0 saturated carbocycles. The summed E-state index contributed by atoms with van der Waals surface area (Å²) in [5, 5.41) is 3.31. The molecule has 1 saturated heterocycles. The molecule has 0 amide bonds. The van der Waals surface area contributed by atoms with Crippen molar-refractivity contribution in [1.82, 2.24) is 10.2 Å². The van der Waals surface area contributed by atoms with E-state index in [0.29, 0.717) is 18.0 Å². The number of piperazine rings is 1. The number of nitrogens with zero attached hydrogens (tertiary/aromatic N) is 1. The molecular formula is C15H23FN2O2. The molecule has 1 aromatic rings. The van der Waals surface area contributed by atoms with Crippen LogP contribution in [-0.4, -0.2) is 44.3 Å². The minimum atomic E-state index is -0.289. The molecule has 0 unspecified atom stereocenters. The predicted octanol–water partition coefficient (Wildman–Crippen LogP) is 2.03. The topological polar surface area (TPSA) is 33.7 Å². The summed E-state index contributed by atoms with van der Waals surface area (Å²) in [7, 11) is 1.54. The van der Waals surface area contributed by atoms with E-state index in [2.05, 4.69) is 10.2 Å². The van der Waals surface area contributed by atoms with E-state index in [4.69, 9.17) is 9.47 Å². The summed E-state index contributed by atoms with van der Waals surface area (Å²) < 4.78 is 24.8. The number of benzene rings is 1. The molecule has 2 rings (SSSR count). The van der Waals surface area contributed by atoms with Crippen LogP contribution < -0.4 is 14.8 Å². The number of halogens is 1. The number of hydrogen-bond acceptors (Lipinski definition) is 4. The fourth-order valence-corrected chi connectivity index (χ4v) is 2.37. The highest BCUT2D eigenvalue weighted by atomic mass is 19.1. The summed E-state index contributed by atoms with van der Waals surface area (Å²) in [6.45, 7) is 8.44. The Hall–Kier alpha value is -1.33. The largest absolute Gasteiger partial charge is 0.493 e. The molecule has 20 heavy (non-hydrogen) atoms. The summed E-state index contributed by atoms with van der Waals surface area (Å²) in [6.07, 6.45) is 0.0242. The van der Waals surface area contributed by atoms with Crippen LogP contribution in [0.3, 0.4) is 0 Å². The minimum absolute atomic E-state index is 0.0242. The van der Waals surface area contributed by atoms with Gasteiger partial charge in [-0.05, 0) is 19.9 Å². The lowest BCUT2D eigenvalue weighted by Crippen LogP contribution is -2.43. The fourth-order valence-electron chi connectivity index (χ4n) is 2.37. The molecule has 5 heteroatoms. The molecule has 0 spiro atoms. The van der Waals surface area contributed by atoms with Crippen LogP contribution in [0.1, 0.15) is 19.4 Å². The van der Waals surface area contributed by atoms with Gasteiger partial charge in [-0.25, -0.2) is 4.39 Å². The van der Waals surface area contributed by atoms with Gasteiger partial charge < -0.3 is 14.8 Å². The maximum Gasteiger partial charge on any atom is 0.166 e. The van der Waals surface area contributed by atoms with E-state index in [1.165, 1.54) is 13.2 Å². The molecule has 1 aromatic carbocycles. The third kappa shape index (κ3) is 3.84. The van der Waals surface area contributed by atoms with Gasteiger partial charge in [0.25, 0.3) is 0 Å². The Morgan fingerprint density at radius 3 is 2.60 bits per heavy atom. The van der Waals surface area contributed by atoms with Gasteiger partial charge in [0.15, 0.2) is 11.5 Å². The van der Waals surface area contributed by atoms with Crippen LogP contribution in [0.4, 0.5) is 4.39 Å². The lowest BCUT2D eigenvalue weighted by atomic mass is 10.1. The molecule has 0 aromatic heterocycles. The highest BCUT2D eigenvalue weighted by molar-refractivity contribution is 5.47. The zero-order valence-electron chi connectivity index (χ0n) is 12.4. The second-order valence-corrected chi connectivity index (χ2v) is 5.29. The van der Waals surface area contributed by atoms with E-state index in [1.54, 1.807) is 6.07 Å². The Bertz CT molecular complexity index is 446. The van der Waals surface area contributed by atoms with Gasteiger partial charge in [-0.15, -0.1) is 0 Å².